The minimum Gasteiger partial charge on any atom is -0.408 e. The van der Waals surface area contributed by atoms with Crippen LogP contribution in [-0.4, -0.2) is 10.4 Å². The number of hydrogen-bond donors (Lipinski definition) is 0. The van der Waals surface area contributed by atoms with Crippen LogP contribution in [0.15, 0.2) is 45.6 Å². The standard InChI is InChI=1S/C15H9ClFNO3/c1-18-12-5-2-8(6-13(12)21-15(18)20)14(19)10-7-9(16)3-4-11(10)17/h2-7H,1H3. The fourth-order valence-corrected chi connectivity index (χ4v) is 2.27. The Morgan fingerprint density at radius 3 is 2.76 bits per heavy atom. The zero-order valence-electron chi connectivity index (χ0n) is 10.9. The maximum atomic E-state index is 13.7. The summed E-state index contributed by atoms with van der Waals surface area (Å²) in [6.45, 7) is 0. The van der Waals surface area contributed by atoms with Gasteiger partial charge in [-0.1, -0.05) is 11.6 Å². The van der Waals surface area contributed by atoms with E-state index in [2.05, 4.69) is 0 Å². The first kappa shape index (κ1) is 13.6. The molecule has 0 aliphatic heterocycles. The number of oxazole rings is 1. The number of aromatic nitrogens is 1. The topological polar surface area (TPSA) is 52.2 Å². The number of nitrogens with zero attached hydrogens (tertiary/aromatic N) is 1. The molecule has 0 fully saturated rings. The van der Waals surface area contributed by atoms with Crippen molar-refractivity contribution in [2.75, 3.05) is 0 Å². The van der Waals surface area contributed by atoms with E-state index >= 15 is 0 Å². The molecule has 2 aromatic carbocycles. The molecule has 21 heavy (non-hydrogen) atoms. The molecule has 0 amide bonds. The number of fused-ring (bicyclic) bond motifs is 1. The molecule has 0 saturated heterocycles. The Balaban J connectivity index is 2.13. The van der Waals surface area contributed by atoms with E-state index in [4.69, 9.17) is 16.0 Å². The molecule has 0 unspecified atom stereocenters. The molecule has 6 heteroatoms. The predicted octanol–water partition coefficient (Wildman–Crippen LogP) is 3.16. The fourth-order valence-electron chi connectivity index (χ4n) is 2.10. The summed E-state index contributed by atoms with van der Waals surface area (Å²) in [6.07, 6.45) is 0. The minimum atomic E-state index is -0.654. The maximum absolute atomic E-state index is 13.7. The Bertz CT molecular complexity index is 926. The molecule has 1 heterocycles. The summed E-state index contributed by atoms with van der Waals surface area (Å²) >= 11 is 5.79. The molecule has 0 aliphatic rings. The van der Waals surface area contributed by atoms with Gasteiger partial charge in [0, 0.05) is 17.6 Å². The first-order valence-corrected chi connectivity index (χ1v) is 6.44. The molecule has 0 saturated carbocycles. The lowest BCUT2D eigenvalue weighted by atomic mass is 10.0. The summed E-state index contributed by atoms with van der Waals surface area (Å²) in [7, 11) is 1.56. The Labute approximate surface area is 123 Å². The second-order valence-electron chi connectivity index (χ2n) is 4.56. The number of ketones is 1. The number of hydrogen-bond acceptors (Lipinski definition) is 3. The van der Waals surface area contributed by atoms with Crippen molar-refractivity contribution in [2.45, 2.75) is 0 Å². The smallest absolute Gasteiger partial charge is 0.408 e. The van der Waals surface area contributed by atoms with Crippen molar-refractivity contribution in [3.63, 3.8) is 0 Å². The molecule has 0 radical (unpaired) electrons. The number of halogens is 2. The first-order valence-electron chi connectivity index (χ1n) is 6.06. The Hall–Kier alpha value is -2.40. The third-order valence-electron chi connectivity index (χ3n) is 3.23. The predicted molar refractivity (Wildman–Crippen MR) is 76.3 cm³/mol. The van der Waals surface area contributed by atoms with E-state index in [1.807, 2.05) is 0 Å². The lowest BCUT2D eigenvalue weighted by Gasteiger charge is -2.03. The normalized spacial score (nSPS) is 11.0. The summed E-state index contributed by atoms with van der Waals surface area (Å²) in [5, 5.41) is 0.270. The van der Waals surface area contributed by atoms with Crippen LogP contribution in [0.2, 0.25) is 5.02 Å². The van der Waals surface area contributed by atoms with Gasteiger partial charge in [0.2, 0.25) is 0 Å². The molecule has 3 aromatic rings. The highest BCUT2D eigenvalue weighted by Crippen LogP contribution is 2.21. The first-order chi connectivity index (χ1) is 9.97. The highest BCUT2D eigenvalue weighted by atomic mass is 35.5. The number of benzene rings is 2. The summed E-state index contributed by atoms with van der Waals surface area (Å²) in [5.74, 6) is -1.70. The van der Waals surface area contributed by atoms with Gasteiger partial charge in [-0.3, -0.25) is 9.36 Å². The van der Waals surface area contributed by atoms with E-state index in [9.17, 15) is 14.0 Å². The van der Waals surface area contributed by atoms with Crippen molar-refractivity contribution in [1.29, 1.82) is 0 Å². The van der Waals surface area contributed by atoms with E-state index in [1.165, 1.54) is 28.8 Å². The summed E-state index contributed by atoms with van der Waals surface area (Å²) in [6, 6.07) is 8.28. The molecule has 0 atom stereocenters. The quantitative estimate of drug-likeness (QED) is 0.683. The van der Waals surface area contributed by atoms with Gasteiger partial charge in [-0.05, 0) is 36.4 Å². The van der Waals surface area contributed by atoms with Crippen LogP contribution in [0.25, 0.3) is 11.1 Å². The monoisotopic (exact) mass is 305 g/mol. The van der Waals surface area contributed by atoms with Crippen LogP contribution < -0.4 is 5.76 Å². The highest BCUT2D eigenvalue weighted by molar-refractivity contribution is 6.31. The van der Waals surface area contributed by atoms with Gasteiger partial charge in [0.15, 0.2) is 11.4 Å². The number of aryl methyl sites for hydroxylation is 1. The Kier molecular flexibility index (Phi) is 3.14. The van der Waals surface area contributed by atoms with Crippen molar-refractivity contribution in [3.8, 4) is 0 Å². The van der Waals surface area contributed by atoms with E-state index < -0.39 is 17.4 Å². The zero-order chi connectivity index (χ0) is 15.1. The zero-order valence-corrected chi connectivity index (χ0v) is 11.6. The third kappa shape index (κ3) is 2.25. The van der Waals surface area contributed by atoms with Crippen molar-refractivity contribution < 1.29 is 13.6 Å². The SMILES string of the molecule is Cn1c(=O)oc2cc(C(=O)c3cc(Cl)ccc3F)ccc21. The van der Waals surface area contributed by atoms with Crippen molar-refractivity contribution >= 4 is 28.5 Å². The average molecular weight is 306 g/mol. The van der Waals surface area contributed by atoms with Crippen LogP contribution in [0, 0.1) is 5.82 Å². The highest BCUT2D eigenvalue weighted by Gasteiger charge is 2.16. The molecule has 0 spiro atoms. The van der Waals surface area contributed by atoms with E-state index in [1.54, 1.807) is 13.1 Å². The minimum absolute atomic E-state index is 0.125. The lowest BCUT2D eigenvalue weighted by molar-refractivity contribution is 0.103. The lowest BCUT2D eigenvalue weighted by Crippen LogP contribution is -2.08. The van der Waals surface area contributed by atoms with Crippen molar-refractivity contribution in [3.05, 3.63) is 68.9 Å². The molecule has 106 valence electrons. The van der Waals surface area contributed by atoms with E-state index in [0.717, 1.165) is 6.07 Å². The van der Waals surface area contributed by atoms with Crippen LogP contribution in [0.4, 0.5) is 4.39 Å². The van der Waals surface area contributed by atoms with Gasteiger partial charge >= 0.3 is 5.76 Å². The van der Waals surface area contributed by atoms with Crippen LogP contribution >= 0.6 is 11.6 Å². The van der Waals surface area contributed by atoms with Gasteiger partial charge in [-0.2, -0.15) is 0 Å². The summed E-state index contributed by atoms with van der Waals surface area (Å²) in [4.78, 5) is 23.8. The van der Waals surface area contributed by atoms with Gasteiger partial charge in [0.1, 0.15) is 5.82 Å². The number of carbonyl (C=O) groups excluding carboxylic acids is 1. The molecular formula is C15H9ClFNO3. The molecular weight excluding hydrogens is 297 g/mol. The fraction of sp³-hybridized carbons (Fsp3) is 0.0667. The van der Waals surface area contributed by atoms with Gasteiger partial charge in [-0.15, -0.1) is 0 Å². The van der Waals surface area contributed by atoms with E-state index in [-0.39, 0.29) is 21.7 Å². The maximum Gasteiger partial charge on any atom is 0.419 e. The number of carbonyl (C=O) groups is 1. The molecule has 0 aliphatic carbocycles. The Morgan fingerprint density at radius 2 is 2.00 bits per heavy atom. The number of rotatable bonds is 2. The van der Waals surface area contributed by atoms with Gasteiger partial charge in [-0.25, -0.2) is 9.18 Å². The van der Waals surface area contributed by atoms with Crippen LogP contribution in [0.1, 0.15) is 15.9 Å². The van der Waals surface area contributed by atoms with Crippen LogP contribution in [0.5, 0.6) is 0 Å². The summed E-state index contributed by atoms with van der Waals surface area (Å²) in [5.41, 5.74) is 0.928. The second-order valence-corrected chi connectivity index (χ2v) is 5.00. The van der Waals surface area contributed by atoms with Crippen LogP contribution in [-0.2, 0) is 7.05 Å². The molecule has 1 aromatic heterocycles. The molecule has 0 bridgehead atoms. The van der Waals surface area contributed by atoms with Gasteiger partial charge in [0.25, 0.3) is 0 Å². The van der Waals surface area contributed by atoms with Gasteiger partial charge in [0.05, 0.1) is 11.1 Å². The van der Waals surface area contributed by atoms with Gasteiger partial charge < -0.3 is 4.42 Å². The second kappa shape index (κ2) is 4.86. The Morgan fingerprint density at radius 1 is 1.24 bits per heavy atom. The largest absolute Gasteiger partial charge is 0.419 e. The third-order valence-corrected chi connectivity index (χ3v) is 3.46. The molecule has 4 nitrogen and oxygen atoms in total. The molecule has 3 rings (SSSR count). The van der Waals surface area contributed by atoms with Crippen molar-refractivity contribution in [1.82, 2.24) is 4.57 Å². The van der Waals surface area contributed by atoms with Crippen molar-refractivity contribution in [2.24, 2.45) is 7.05 Å². The summed E-state index contributed by atoms with van der Waals surface area (Å²) < 4.78 is 20.1. The van der Waals surface area contributed by atoms with Crippen LogP contribution in [0.3, 0.4) is 0 Å². The molecule has 0 N–H and O–H groups in total. The van der Waals surface area contributed by atoms with E-state index in [0.29, 0.717) is 5.52 Å². The average Bonchev–Trinajstić information content (AvgIpc) is 2.75.